The summed E-state index contributed by atoms with van der Waals surface area (Å²) < 4.78 is 24.9. The first-order valence-electron chi connectivity index (χ1n) is 9.68. The van der Waals surface area contributed by atoms with Gasteiger partial charge in [0.1, 0.15) is 23.7 Å². The van der Waals surface area contributed by atoms with Crippen molar-refractivity contribution in [2.45, 2.75) is 13.5 Å². The van der Waals surface area contributed by atoms with Crippen LogP contribution in [0.1, 0.15) is 5.56 Å². The molecule has 2 aromatic carbocycles. The Labute approximate surface area is 182 Å². The summed E-state index contributed by atoms with van der Waals surface area (Å²) in [5.41, 5.74) is 1.70. The van der Waals surface area contributed by atoms with Crippen molar-refractivity contribution in [3.05, 3.63) is 82.5 Å². The van der Waals surface area contributed by atoms with Gasteiger partial charge in [-0.05, 0) is 61.0 Å². The molecule has 1 N–H and O–H groups in total. The third-order valence-corrected chi connectivity index (χ3v) is 4.72. The number of benzene rings is 2. The third kappa shape index (κ3) is 4.41. The molecule has 162 valence electrons. The number of pyridine rings is 1. The van der Waals surface area contributed by atoms with Crippen LogP contribution in [0, 0.1) is 12.7 Å². The molecule has 1 amide bonds. The number of hydrogen-bond donors (Lipinski definition) is 1. The van der Waals surface area contributed by atoms with Crippen LogP contribution < -0.4 is 15.6 Å². The SMILES string of the molecule is COc1ccc(C)cc1NC(=O)Cn1cccc(-c2nc(-c3ccc(F)cc3)no2)c1=O. The Morgan fingerprint density at radius 1 is 1.19 bits per heavy atom. The Morgan fingerprint density at radius 2 is 1.97 bits per heavy atom. The van der Waals surface area contributed by atoms with Crippen LogP contribution in [-0.2, 0) is 11.3 Å². The first kappa shape index (κ1) is 21.0. The number of hydrogen-bond acceptors (Lipinski definition) is 6. The minimum Gasteiger partial charge on any atom is -0.495 e. The second-order valence-electron chi connectivity index (χ2n) is 7.04. The van der Waals surface area contributed by atoms with Gasteiger partial charge >= 0.3 is 0 Å². The smallest absolute Gasteiger partial charge is 0.263 e. The van der Waals surface area contributed by atoms with E-state index >= 15 is 0 Å². The highest BCUT2D eigenvalue weighted by Gasteiger charge is 2.16. The molecule has 0 atom stereocenters. The quantitative estimate of drug-likeness (QED) is 0.497. The fraction of sp³-hybridized carbons (Fsp3) is 0.130. The highest BCUT2D eigenvalue weighted by atomic mass is 19.1. The number of carbonyl (C=O) groups excluding carboxylic acids is 1. The lowest BCUT2D eigenvalue weighted by atomic mass is 10.2. The van der Waals surface area contributed by atoms with Crippen LogP contribution in [0.2, 0.25) is 0 Å². The summed E-state index contributed by atoms with van der Waals surface area (Å²) >= 11 is 0. The van der Waals surface area contributed by atoms with Crippen molar-refractivity contribution in [2.24, 2.45) is 0 Å². The average Bonchev–Trinajstić information content (AvgIpc) is 3.26. The van der Waals surface area contributed by atoms with E-state index in [1.165, 1.54) is 48.2 Å². The van der Waals surface area contributed by atoms with Crippen LogP contribution in [0.25, 0.3) is 22.8 Å². The maximum atomic E-state index is 13.1. The summed E-state index contributed by atoms with van der Waals surface area (Å²) in [6.45, 7) is 1.68. The topological polar surface area (TPSA) is 99.2 Å². The van der Waals surface area contributed by atoms with Crippen LogP contribution in [0.4, 0.5) is 10.1 Å². The zero-order valence-electron chi connectivity index (χ0n) is 17.3. The van der Waals surface area contributed by atoms with Crippen LogP contribution >= 0.6 is 0 Å². The number of anilines is 1. The first-order valence-corrected chi connectivity index (χ1v) is 9.68. The maximum absolute atomic E-state index is 13.1. The molecule has 2 aromatic heterocycles. The highest BCUT2D eigenvalue weighted by molar-refractivity contribution is 5.92. The predicted octanol–water partition coefficient (Wildman–Crippen LogP) is 3.66. The largest absolute Gasteiger partial charge is 0.495 e. The van der Waals surface area contributed by atoms with Gasteiger partial charge in [0.25, 0.3) is 11.4 Å². The summed E-state index contributed by atoms with van der Waals surface area (Å²) in [7, 11) is 1.51. The van der Waals surface area contributed by atoms with Gasteiger partial charge in [0.05, 0.1) is 12.8 Å². The van der Waals surface area contributed by atoms with Crippen LogP contribution in [0.3, 0.4) is 0 Å². The number of aryl methyl sites for hydroxylation is 1. The number of ether oxygens (including phenoxy) is 1. The van der Waals surface area contributed by atoms with E-state index in [-0.39, 0.29) is 29.6 Å². The van der Waals surface area contributed by atoms with Gasteiger partial charge in [0.2, 0.25) is 11.7 Å². The third-order valence-electron chi connectivity index (χ3n) is 4.72. The van der Waals surface area contributed by atoms with E-state index in [0.29, 0.717) is 17.0 Å². The fourth-order valence-corrected chi connectivity index (χ4v) is 3.14. The summed E-state index contributed by atoms with van der Waals surface area (Å²) in [5.74, 6) is -0.0385. The van der Waals surface area contributed by atoms with Gasteiger partial charge in [0.15, 0.2) is 0 Å². The normalized spacial score (nSPS) is 10.7. The Hall–Kier alpha value is -4.27. The molecule has 2 heterocycles. The van der Waals surface area contributed by atoms with Crippen molar-refractivity contribution >= 4 is 11.6 Å². The zero-order valence-corrected chi connectivity index (χ0v) is 17.3. The fourth-order valence-electron chi connectivity index (χ4n) is 3.14. The summed E-state index contributed by atoms with van der Waals surface area (Å²) in [6.07, 6.45) is 1.50. The minimum absolute atomic E-state index is 0.00411. The Morgan fingerprint density at radius 3 is 2.72 bits per heavy atom. The molecule has 0 spiro atoms. The minimum atomic E-state index is -0.465. The van der Waals surface area contributed by atoms with Gasteiger partial charge in [-0.25, -0.2) is 4.39 Å². The molecule has 0 bridgehead atoms. The number of nitrogens with one attached hydrogen (secondary N) is 1. The van der Waals surface area contributed by atoms with Gasteiger partial charge in [0, 0.05) is 11.8 Å². The first-order chi connectivity index (χ1) is 15.4. The van der Waals surface area contributed by atoms with Gasteiger partial charge in [-0.2, -0.15) is 4.98 Å². The van der Waals surface area contributed by atoms with E-state index in [1.54, 1.807) is 18.2 Å². The molecule has 0 unspecified atom stereocenters. The van der Waals surface area contributed by atoms with Crippen molar-refractivity contribution in [2.75, 3.05) is 12.4 Å². The molecule has 0 aliphatic heterocycles. The Balaban J connectivity index is 1.56. The van der Waals surface area contributed by atoms with Crippen molar-refractivity contribution in [1.29, 1.82) is 0 Å². The number of aromatic nitrogens is 3. The summed E-state index contributed by atoms with van der Waals surface area (Å²) in [4.78, 5) is 29.7. The van der Waals surface area contributed by atoms with Crippen LogP contribution in [-0.4, -0.2) is 27.7 Å². The van der Waals surface area contributed by atoms with Crippen LogP contribution in [0.5, 0.6) is 5.75 Å². The molecule has 0 aliphatic carbocycles. The molecule has 0 saturated carbocycles. The molecule has 0 fully saturated rings. The maximum Gasteiger partial charge on any atom is 0.263 e. The average molecular weight is 434 g/mol. The molecular formula is C23H19FN4O4. The lowest BCUT2D eigenvalue weighted by Gasteiger charge is -2.12. The van der Waals surface area contributed by atoms with Gasteiger partial charge in [-0.3, -0.25) is 9.59 Å². The molecule has 8 nitrogen and oxygen atoms in total. The highest BCUT2D eigenvalue weighted by Crippen LogP contribution is 2.25. The van der Waals surface area contributed by atoms with E-state index in [2.05, 4.69) is 15.5 Å². The number of rotatable bonds is 6. The Kier molecular flexibility index (Phi) is 5.80. The van der Waals surface area contributed by atoms with Gasteiger partial charge in [-0.1, -0.05) is 11.2 Å². The molecule has 0 radical (unpaired) electrons. The van der Waals surface area contributed by atoms with E-state index < -0.39 is 11.5 Å². The van der Waals surface area contributed by atoms with Gasteiger partial charge in [-0.15, -0.1) is 0 Å². The molecule has 0 aliphatic rings. The number of halogens is 1. The second-order valence-corrected chi connectivity index (χ2v) is 7.04. The standard InChI is InChI=1S/C23H19FN4O4/c1-14-5-10-19(31-2)18(12-14)25-20(29)13-28-11-3-4-17(23(28)30)22-26-21(27-32-22)15-6-8-16(24)9-7-15/h3-12H,13H2,1-2H3,(H,25,29). The number of methoxy groups -OCH3 is 1. The number of carbonyl (C=O) groups is 1. The van der Waals surface area contributed by atoms with Crippen molar-refractivity contribution < 1.29 is 18.4 Å². The lowest BCUT2D eigenvalue weighted by molar-refractivity contribution is -0.116. The van der Waals surface area contributed by atoms with Crippen molar-refractivity contribution in [1.82, 2.24) is 14.7 Å². The molecule has 0 saturated heterocycles. The molecular weight excluding hydrogens is 415 g/mol. The predicted molar refractivity (Wildman–Crippen MR) is 116 cm³/mol. The van der Waals surface area contributed by atoms with E-state index in [0.717, 1.165) is 5.56 Å². The van der Waals surface area contributed by atoms with Crippen molar-refractivity contribution in [3.63, 3.8) is 0 Å². The van der Waals surface area contributed by atoms with Crippen molar-refractivity contribution in [3.8, 4) is 28.6 Å². The monoisotopic (exact) mass is 434 g/mol. The van der Waals surface area contributed by atoms with Gasteiger partial charge < -0.3 is 19.1 Å². The van der Waals surface area contributed by atoms with E-state index in [9.17, 15) is 14.0 Å². The zero-order chi connectivity index (χ0) is 22.7. The summed E-state index contributed by atoms with van der Waals surface area (Å²) in [5, 5.41) is 6.62. The number of amides is 1. The molecule has 9 heteroatoms. The molecule has 4 aromatic rings. The van der Waals surface area contributed by atoms with E-state index in [4.69, 9.17) is 9.26 Å². The van der Waals surface area contributed by atoms with Crippen LogP contribution in [0.15, 0.2) is 70.1 Å². The lowest BCUT2D eigenvalue weighted by Crippen LogP contribution is -2.28. The summed E-state index contributed by atoms with van der Waals surface area (Å²) in [6, 6.07) is 14.1. The van der Waals surface area contributed by atoms with E-state index in [1.807, 2.05) is 13.0 Å². The molecule has 4 rings (SSSR count). The Bertz CT molecular complexity index is 1330. The number of nitrogens with zero attached hydrogens (tertiary/aromatic N) is 3. The molecule has 32 heavy (non-hydrogen) atoms. The second kappa shape index (κ2) is 8.84.